The molecular formula is C18H15N5O2S. The number of hydrogen-bond donors (Lipinski definition) is 1. The van der Waals surface area contributed by atoms with E-state index in [1.807, 2.05) is 6.07 Å². The number of nitrogens with zero attached hydrogens (tertiary/aromatic N) is 4. The summed E-state index contributed by atoms with van der Waals surface area (Å²) in [5.41, 5.74) is 7.56. The van der Waals surface area contributed by atoms with Crippen molar-refractivity contribution >= 4 is 27.0 Å². The summed E-state index contributed by atoms with van der Waals surface area (Å²) in [4.78, 5) is 12.5. The molecule has 0 saturated carbocycles. The van der Waals surface area contributed by atoms with Gasteiger partial charge in [-0.25, -0.2) is 27.3 Å². The molecule has 4 rings (SSSR count). The number of benzene rings is 1. The molecule has 7 nitrogen and oxygen atoms in total. The maximum Gasteiger partial charge on any atom is 0.269 e. The first-order valence-electron chi connectivity index (χ1n) is 7.88. The van der Waals surface area contributed by atoms with Gasteiger partial charge in [-0.05, 0) is 35.4 Å². The van der Waals surface area contributed by atoms with E-state index in [0.717, 1.165) is 16.5 Å². The van der Waals surface area contributed by atoms with E-state index in [1.54, 1.807) is 61.2 Å². The minimum atomic E-state index is -3.74. The summed E-state index contributed by atoms with van der Waals surface area (Å²) in [5.74, 6) is 0.199. The van der Waals surface area contributed by atoms with Gasteiger partial charge in [0, 0.05) is 36.6 Å². The highest BCUT2D eigenvalue weighted by atomic mass is 32.2. The van der Waals surface area contributed by atoms with Gasteiger partial charge in [-0.15, -0.1) is 0 Å². The molecular weight excluding hydrogens is 350 g/mol. The molecule has 0 amide bonds. The summed E-state index contributed by atoms with van der Waals surface area (Å²) >= 11 is 0. The van der Waals surface area contributed by atoms with Crippen LogP contribution in [0.1, 0.15) is 11.1 Å². The molecule has 4 aromatic rings. The Balaban J connectivity index is 1.86. The fourth-order valence-electron chi connectivity index (χ4n) is 2.80. The SMILES string of the molecule is Nc1ncc(Cc2cn(S(=O)(=O)c3ccccc3)c3ncccc23)cn1. The third-order valence-electron chi connectivity index (χ3n) is 4.03. The van der Waals surface area contributed by atoms with Gasteiger partial charge in [0.2, 0.25) is 5.95 Å². The van der Waals surface area contributed by atoms with Crippen LogP contribution in [-0.4, -0.2) is 27.3 Å². The first kappa shape index (κ1) is 16.2. The molecule has 0 atom stereocenters. The second-order valence-electron chi connectivity index (χ2n) is 5.77. The molecule has 0 spiro atoms. The molecule has 3 aromatic heterocycles. The molecule has 26 heavy (non-hydrogen) atoms. The predicted molar refractivity (Wildman–Crippen MR) is 98.0 cm³/mol. The highest BCUT2D eigenvalue weighted by Gasteiger charge is 2.21. The van der Waals surface area contributed by atoms with E-state index < -0.39 is 10.0 Å². The Morgan fingerprint density at radius 1 is 0.962 bits per heavy atom. The van der Waals surface area contributed by atoms with Crippen molar-refractivity contribution in [3.8, 4) is 0 Å². The molecule has 0 aliphatic rings. The Morgan fingerprint density at radius 3 is 2.42 bits per heavy atom. The summed E-state index contributed by atoms with van der Waals surface area (Å²) in [6, 6.07) is 11.9. The van der Waals surface area contributed by atoms with Gasteiger partial charge >= 0.3 is 0 Å². The van der Waals surface area contributed by atoms with Crippen LogP contribution in [-0.2, 0) is 16.4 Å². The summed E-state index contributed by atoms with van der Waals surface area (Å²) in [6.45, 7) is 0. The number of aromatic nitrogens is 4. The summed E-state index contributed by atoms with van der Waals surface area (Å²) in [7, 11) is -3.74. The van der Waals surface area contributed by atoms with Gasteiger partial charge in [-0.1, -0.05) is 18.2 Å². The quantitative estimate of drug-likeness (QED) is 0.595. The lowest BCUT2D eigenvalue weighted by Crippen LogP contribution is -2.12. The van der Waals surface area contributed by atoms with Crippen LogP contribution in [0, 0.1) is 0 Å². The van der Waals surface area contributed by atoms with Gasteiger partial charge in [-0.2, -0.15) is 0 Å². The molecule has 0 fully saturated rings. The van der Waals surface area contributed by atoms with Crippen molar-refractivity contribution in [3.05, 3.63) is 78.4 Å². The summed E-state index contributed by atoms with van der Waals surface area (Å²) < 4.78 is 27.3. The maximum atomic E-state index is 13.0. The fourth-order valence-corrected chi connectivity index (χ4v) is 4.17. The van der Waals surface area contributed by atoms with Crippen molar-refractivity contribution < 1.29 is 8.42 Å². The molecule has 0 radical (unpaired) electrons. The molecule has 0 bridgehead atoms. The van der Waals surface area contributed by atoms with Gasteiger partial charge in [0.15, 0.2) is 5.65 Å². The lowest BCUT2D eigenvalue weighted by Gasteiger charge is -2.06. The topological polar surface area (TPSA) is 104 Å². The van der Waals surface area contributed by atoms with Crippen LogP contribution in [0.25, 0.3) is 11.0 Å². The standard InChI is InChI=1S/C18H15N5O2S/c19-18-21-10-13(11-22-18)9-14-12-23(17-16(14)7-4-8-20-17)26(24,25)15-5-2-1-3-6-15/h1-8,10-12H,9H2,(H2,19,21,22). The number of rotatable bonds is 4. The van der Waals surface area contributed by atoms with E-state index in [9.17, 15) is 8.42 Å². The van der Waals surface area contributed by atoms with E-state index in [2.05, 4.69) is 15.0 Å². The minimum Gasteiger partial charge on any atom is -0.368 e. The monoisotopic (exact) mass is 365 g/mol. The number of nitrogens with two attached hydrogens (primary N) is 1. The molecule has 3 heterocycles. The normalized spacial score (nSPS) is 11.7. The Bertz CT molecular complexity index is 1170. The molecule has 130 valence electrons. The van der Waals surface area contributed by atoms with Crippen molar-refractivity contribution in [2.24, 2.45) is 0 Å². The van der Waals surface area contributed by atoms with E-state index in [-0.39, 0.29) is 10.8 Å². The number of nitrogen functional groups attached to an aromatic ring is 1. The second-order valence-corrected chi connectivity index (χ2v) is 7.58. The fraction of sp³-hybridized carbons (Fsp3) is 0.0556. The molecule has 1 aromatic carbocycles. The van der Waals surface area contributed by atoms with Gasteiger partial charge in [0.1, 0.15) is 0 Å². The second kappa shape index (κ2) is 6.23. The zero-order chi connectivity index (χ0) is 18.1. The smallest absolute Gasteiger partial charge is 0.269 e. The summed E-state index contributed by atoms with van der Waals surface area (Å²) in [6.07, 6.45) is 6.92. The van der Waals surface area contributed by atoms with Crippen molar-refractivity contribution in [3.63, 3.8) is 0 Å². The Kier molecular flexibility index (Phi) is 3.89. The minimum absolute atomic E-state index is 0.199. The molecule has 0 saturated heterocycles. The van der Waals surface area contributed by atoms with Crippen molar-refractivity contribution in [2.75, 3.05) is 5.73 Å². The van der Waals surface area contributed by atoms with Crippen molar-refractivity contribution in [1.82, 2.24) is 18.9 Å². The first-order valence-corrected chi connectivity index (χ1v) is 9.32. The van der Waals surface area contributed by atoms with E-state index in [0.29, 0.717) is 12.1 Å². The van der Waals surface area contributed by atoms with Gasteiger partial charge < -0.3 is 5.73 Å². The van der Waals surface area contributed by atoms with Crippen LogP contribution in [0.5, 0.6) is 0 Å². The molecule has 8 heteroatoms. The van der Waals surface area contributed by atoms with Crippen LogP contribution in [0.4, 0.5) is 5.95 Å². The Morgan fingerprint density at radius 2 is 1.69 bits per heavy atom. The van der Waals surface area contributed by atoms with Crippen LogP contribution in [0.3, 0.4) is 0 Å². The van der Waals surface area contributed by atoms with Crippen molar-refractivity contribution in [2.45, 2.75) is 11.3 Å². The average molecular weight is 365 g/mol. The highest BCUT2D eigenvalue weighted by molar-refractivity contribution is 7.90. The van der Waals surface area contributed by atoms with Crippen molar-refractivity contribution in [1.29, 1.82) is 0 Å². The Labute approximate surface area is 150 Å². The largest absolute Gasteiger partial charge is 0.368 e. The highest BCUT2D eigenvalue weighted by Crippen LogP contribution is 2.26. The summed E-state index contributed by atoms with van der Waals surface area (Å²) in [5, 5.41) is 0.767. The van der Waals surface area contributed by atoms with Gasteiger partial charge in [0.05, 0.1) is 4.90 Å². The van der Waals surface area contributed by atoms with E-state index in [1.165, 1.54) is 3.97 Å². The zero-order valence-corrected chi connectivity index (χ0v) is 14.5. The van der Waals surface area contributed by atoms with Gasteiger partial charge in [-0.3, -0.25) is 0 Å². The molecule has 0 unspecified atom stereocenters. The molecule has 0 aliphatic carbocycles. The number of pyridine rings is 1. The number of fused-ring (bicyclic) bond motifs is 1. The lowest BCUT2D eigenvalue weighted by molar-refractivity contribution is 0.588. The number of hydrogen-bond acceptors (Lipinski definition) is 6. The third kappa shape index (κ3) is 2.80. The number of anilines is 1. The van der Waals surface area contributed by atoms with E-state index >= 15 is 0 Å². The first-order chi connectivity index (χ1) is 12.6. The van der Waals surface area contributed by atoms with Crippen LogP contribution in [0.15, 0.2) is 72.1 Å². The third-order valence-corrected chi connectivity index (χ3v) is 5.70. The average Bonchev–Trinajstić information content (AvgIpc) is 3.04. The van der Waals surface area contributed by atoms with Gasteiger partial charge in [0.25, 0.3) is 10.0 Å². The zero-order valence-electron chi connectivity index (χ0n) is 13.6. The molecule has 0 aliphatic heterocycles. The van der Waals surface area contributed by atoms with Crippen LogP contribution >= 0.6 is 0 Å². The molecule has 2 N–H and O–H groups in total. The van der Waals surface area contributed by atoms with Crippen LogP contribution < -0.4 is 5.73 Å². The lowest BCUT2D eigenvalue weighted by atomic mass is 10.1. The maximum absolute atomic E-state index is 13.0. The Hall–Kier alpha value is -3.26. The van der Waals surface area contributed by atoms with E-state index in [4.69, 9.17) is 5.73 Å². The van der Waals surface area contributed by atoms with Crippen LogP contribution in [0.2, 0.25) is 0 Å². The predicted octanol–water partition coefficient (Wildman–Crippen LogP) is 2.24.